The molecule has 0 bridgehead atoms. The molecule has 0 aromatic rings. The van der Waals surface area contributed by atoms with Gasteiger partial charge in [0.25, 0.3) is 0 Å². The Labute approximate surface area is 75.4 Å². The molecule has 0 aromatic heterocycles. The molecule has 13 heavy (non-hydrogen) atoms. The molecule has 4 heteroatoms. The van der Waals surface area contributed by atoms with Crippen LogP contribution in [0.25, 0.3) is 0 Å². The van der Waals surface area contributed by atoms with Crippen molar-refractivity contribution < 1.29 is 13.2 Å². The molecule has 1 aliphatic rings. The molecule has 0 spiro atoms. The molecule has 1 rings (SSSR count). The van der Waals surface area contributed by atoms with Gasteiger partial charge in [-0.1, -0.05) is 13.0 Å². The normalized spacial score (nSPS) is 24.0. The number of hydrogen-bond donors (Lipinski definition) is 0. The Balaban J connectivity index is 2.72. The molecule has 1 nitrogen and oxygen atoms in total. The standard InChI is InChI=1S/C9H12F3N/c1-2-7-3-4-8(9(10,11)12)13-6-5-7/h3-4,7H,2,5-6H2,1H3. The number of aliphatic imine (C=N–C) groups is 1. The summed E-state index contributed by atoms with van der Waals surface area (Å²) in [6.45, 7) is 2.24. The van der Waals surface area contributed by atoms with Crippen molar-refractivity contribution in [3.63, 3.8) is 0 Å². The van der Waals surface area contributed by atoms with Gasteiger partial charge in [0, 0.05) is 6.54 Å². The van der Waals surface area contributed by atoms with Gasteiger partial charge in [-0.3, -0.25) is 4.99 Å². The van der Waals surface area contributed by atoms with Crippen LogP contribution >= 0.6 is 0 Å². The SMILES string of the molecule is CCC1C=CC(C(F)(F)F)=NCC1. The largest absolute Gasteiger partial charge is 0.432 e. The van der Waals surface area contributed by atoms with E-state index in [0.29, 0.717) is 6.42 Å². The average molecular weight is 191 g/mol. The zero-order valence-electron chi connectivity index (χ0n) is 7.43. The summed E-state index contributed by atoms with van der Waals surface area (Å²) >= 11 is 0. The zero-order valence-corrected chi connectivity index (χ0v) is 7.43. The first kappa shape index (κ1) is 10.3. The minimum atomic E-state index is -4.29. The van der Waals surface area contributed by atoms with Crippen LogP contribution in [0, 0.1) is 5.92 Å². The molecular formula is C9H12F3N. The van der Waals surface area contributed by atoms with Crippen LogP contribution in [0.15, 0.2) is 17.1 Å². The van der Waals surface area contributed by atoms with Crippen molar-refractivity contribution in [3.8, 4) is 0 Å². The van der Waals surface area contributed by atoms with Crippen LogP contribution in [-0.4, -0.2) is 18.4 Å². The van der Waals surface area contributed by atoms with Crippen molar-refractivity contribution in [1.29, 1.82) is 0 Å². The number of alkyl halides is 3. The second-order valence-corrected chi connectivity index (χ2v) is 3.08. The van der Waals surface area contributed by atoms with Crippen molar-refractivity contribution in [2.45, 2.75) is 25.9 Å². The van der Waals surface area contributed by atoms with Crippen molar-refractivity contribution in [3.05, 3.63) is 12.2 Å². The van der Waals surface area contributed by atoms with Crippen LogP contribution in [0.1, 0.15) is 19.8 Å². The highest BCUT2D eigenvalue weighted by Crippen LogP contribution is 2.22. The maximum Gasteiger partial charge on any atom is 0.432 e. The molecular weight excluding hydrogens is 179 g/mol. The highest BCUT2D eigenvalue weighted by molar-refractivity contribution is 5.99. The monoisotopic (exact) mass is 191 g/mol. The number of rotatable bonds is 1. The maximum absolute atomic E-state index is 12.2. The lowest BCUT2D eigenvalue weighted by molar-refractivity contribution is -0.0578. The fourth-order valence-electron chi connectivity index (χ4n) is 1.25. The van der Waals surface area contributed by atoms with Gasteiger partial charge in [0.1, 0.15) is 5.71 Å². The molecule has 0 radical (unpaired) electrons. The Morgan fingerprint density at radius 1 is 1.54 bits per heavy atom. The van der Waals surface area contributed by atoms with Gasteiger partial charge < -0.3 is 0 Å². The minimum absolute atomic E-state index is 0.239. The van der Waals surface area contributed by atoms with Crippen molar-refractivity contribution in [2.24, 2.45) is 10.9 Å². The van der Waals surface area contributed by atoms with Gasteiger partial charge in [0.15, 0.2) is 0 Å². The number of nitrogens with zero attached hydrogens (tertiary/aromatic N) is 1. The van der Waals surface area contributed by atoms with Crippen LogP contribution in [0.3, 0.4) is 0 Å². The van der Waals surface area contributed by atoms with E-state index in [0.717, 1.165) is 12.5 Å². The maximum atomic E-state index is 12.2. The lowest BCUT2D eigenvalue weighted by Gasteiger charge is -2.04. The van der Waals surface area contributed by atoms with Crippen LogP contribution in [0.5, 0.6) is 0 Å². The first-order valence-corrected chi connectivity index (χ1v) is 4.34. The van der Waals surface area contributed by atoms with Crippen molar-refractivity contribution in [1.82, 2.24) is 0 Å². The third-order valence-corrected chi connectivity index (χ3v) is 2.12. The predicted octanol–water partition coefficient (Wildman–Crippen LogP) is 2.98. The third kappa shape index (κ3) is 2.86. The van der Waals surface area contributed by atoms with E-state index in [4.69, 9.17) is 0 Å². The molecule has 0 saturated heterocycles. The summed E-state index contributed by atoms with van der Waals surface area (Å²) in [5, 5.41) is 0. The molecule has 0 amide bonds. The Morgan fingerprint density at radius 2 is 2.23 bits per heavy atom. The van der Waals surface area contributed by atoms with E-state index in [1.165, 1.54) is 0 Å². The first-order valence-electron chi connectivity index (χ1n) is 4.34. The fraction of sp³-hybridized carbons (Fsp3) is 0.667. The highest BCUT2D eigenvalue weighted by atomic mass is 19.4. The van der Waals surface area contributed by atoms with E-state index >= 15 is 0 Å². The summed E-state index contributed by atoms with van der Waals surface area (Å²) in [5.74, 6) is 0.239. The Kier molecular flexibility index (Phi) is 3.12. The Bertz CT molecular complexity index is 228. The summed E-state index contributed by atoms with van der Waals surface area (Å²) in [5.41, 5.74) is -0.747. The molecule has 0 saturated carbocycles. The topological polar surface area (TPSA) is 12.4 Å². The highest BCUT2D eigenvalue weighted by Gasteiger charge is 2.34. The molecule has 1 atom stereocenters. The summed E-state index contributed by atoms with van der Waals surface area (Å²) < 4.78 is 36.5. The van der Waals surface area contributed by atoms with E-state index in [1.54, 1.807) is 6.08 Å². The summed E-state index contributed by atoms with van der Waals surface area (Å²) in [4.78, 5) is 3.50. The van der Waals surface area contributed by atoms with Gasteiger partial charge in [-0.05, 0) is 24.8 Å². The molecule has 0 aromatic carbocycles. The third-order valence-electron chi connectivity index (χ3n) is 2.12. The van der Waals surface area contributed by atoms with Crippen LogP contribution in [0.4, 0.5) is 13.2 Å². The molecule has 0 N–H and O–H groups in total. The van der Waals surface area contributed by atoms with Crippen LogP contribution in [0.2, 0.25) is 0 Å². The van der Waals surface area contributed by atoms with Crippen molar-refractivity contribution in [2.75, 3.05) is 6.54 Å². The average Bonchev–Trinajstić information content (AvgIpc) is 2.26. The van der Waals surface area contributed by atoms with E-state index in [-0.39, 0.29) is 12.5 Å². The summed E-state index contributed by atoms with van der Waals surface area (Å²) in [6.07, 6.45) is 0.00333. The van der Waals surface area contributed by atoms with Gasteiger partial charge in [-0.25, -0.2) is 0 Å². The first-order chi connectivity index (χ1) is 6.04. The smallest absolute Gasteiger partial charge is 0.281 e. The summed E-state index contributed by atoms with van der Waals surface area (Å²) in [6, 6.07) is 0. The number of hydrogen-bond acceptors (Lipinski definition) is 1. The fourth-order valence-corrected chi connectivity index (χ4v) is 1.25. The molecule has 74 valence electrons. The van der Waals surface area contributed by atoms with E-state index in [2.05, 4.69) is 4.99 Å². The molecule has 0 aliphatic carbocycles. The van der Waals surface area contributed by atoms with Gasteiger partial charge in [0.05, 0.1) is 0 Å². The predicted molar refractivity (Wildman–Crippen MR) is 45.9 cm³/mol. The van der Waals surface area contributed by atoms with Crippen LogP contribution in [-0.2, 0) is 0 Å². The molecule has 1 aliphatic heterocycles. The van der Waals surface area contributed by atoms with E-state index in [9.17, 15) is 13.2 Å². The molecule has 0 fully saturated rings. The minimum Gasteiger partial charge on any atom is -0.281 e. The lowest BCUT2D eigenvalue weighted by Crippen LogP contribution is -2.20. The van der Waals surface area contributed by atoms with Crippen molar-refractivity contribution >= 4 is 5.71 Å². The molecule has 1 unspecified atom stereocenters. The Hall–Kier alpha value is -0.800. The number of allylic oxidation sites excluding steroid dienone is 2. The second-order valence-electron chi connectivity index (χ2n) is 3.08. The second kappa shape index (κ2) is 3.94. The van der Waals surface area contributed by atoms with Gasteiger partial charge >= 0.3 is 6.18 Å². The zero-order chi connectivity index (χ0) is 9.90. The lowest BCUT2D eigenvalue weighted by atomic mass is 10.0. The van der Waals surface area contributed by atoms with Gasteiger partial charge in [-0.2, -0.15) is 13.2 Å². The molecule has 1 heterocycles. The van der Waals surface area contributed by atoms with Gasteiger partial charge in [-0.15, -0.1) is 0 Å². The van der Waals surface area contributed by atoms with E-state index in [1.807, 2.05) is 6.92 Å². The van der Waals surface area contributed by atoms with Crippen LogP contribution < -0.4 is 0 Å². The summed E-state index contributed by atoms with van der Waals surface area (Å²) in [7, 11) is 0. The number of halogens is 3. The Morgan fingerprint density at radius 3 is 2.77 bits per heavy atom. The quantitative estimate of drug-likeness (QED) is 0.604. The van der Waals surface area contributed by atoms with E-state index < -0.39 is 11.9 Å². The van der Waals surface area contributed by atoms with Gasteiger partial charge in [0.2, 0.25) is 0 Å².